The summed E-state index contributed by atoms with van der Waals surface area (Å²) in [6, 6.07) is 3.80. The first-order valence-electron chi connectivity index (χ1n) is 5.73. The molecule has 2 rings (SSSR count). The topological polar surface area (TPSA) is 109 Å². The van der Waals surface area contributed by atoms with Crippen LogP contribution in [0.4, 0.5) is 0 Å². The molecule has 0 aliphatic carbocycles. The average molecular weight is 281 g/mol. The highest BCUT2D eigenvalue weighted by Gasteiger charge is 2.33. The van der Waals surface area contributed by atoms with Crippen LogP contribution >= 0.6 is 10.6 Å². The van der Waals surface area contributed by atoms with Crippen molar-refractivity contribution < 1.29 is 13.9 Å². The van der Waals surface area contributed by atoms with Gasteiger partial charge in [0.2, 0.25) is 5.78 Å². The maximum absolute atomic E-state index is 12.1. The van der Waals surface area contributed by atoms with Crippen molar-refractivity contribution in [1.82, 2.24) is 4.98 Å². The fraction of sp³-hybridized carbons (Fsp3) is 0.250. The van der Waals surface area contributed by atoms with Gasteiger partial charge < -0.3 is 5.73 Å². The van der Waals surface area contributed by atoms with Gasteiger partial charge in [-0.25, -0.2) is 4.98 Å². The smallest absolute Gasteiger partial charge is 0.217 e. The molecule has 0 aromatic carbocycles. The molecule has 1 unspecified atom stereocenters. The van der Waals surface area contributed by atoms with E-state index in [2.05, 4.69) is 9.98 Å². The van der Waals surface area contributed by atoms with Gasteiger partial charge in [-0.05, 0) is 18.6 Å². The van der Waals surface area contributed by atoms with Crippen LogP contribution in [0.1, 0.15) is 6.42 Å². The van der Waals surface area contributed by atoms with E-state index in [1.165, 1.54) is 12.3 Å². The lowest BCUT2D eigenvalue weighted by molar-refractivity contribution is -0.113. The second-order valence-electron chi connectivity index (χ2n) is 4.01. The first-order chi connectivity index (χ1) is 9.03. The Morgan fingerprint density at radius 2 is 2.16 bits per heavy atom. The van der Waals surface area contributed by atoms with Gasteiger partial charge in [-0.2, -0.15) is 0 Å². The molecule has 0 saturated carbocycles. The van der Waals surface area contributed by atoms with E-state index in [0.717, 1.165) is 0 Å². The van der Waals surface area contributed by atoms with Gasteiger partial charge in [-0.1, -0.05) is 18.2 Å². The molecule has 1 aromatic rings. The van der Waals surface area contributed by atoms with E-state index < -0.39 is 22.4 Å². The van der Waals surface area contributed by atoms with Gasteiger partial charge >= 0.3 is 0 Å². The molecule has 1 aliphatic rings. The Hall–Kier alpha value is -1.54. The molecule has 0 bridgehead atoms. The number of ketones is 1. The summed E-state index contributed by atoms with van der Waals surface area (Å²) in [5.41, 5.74) is 5.67. The van der Waals surface area contributed by atoms with Gasteiger partial charge in [-0.3, -0.25) is 18.9 Å². The van der Waals surface area contributed by atoms with Crippen LogP contribution in [0.15, 0.2) is 46.6 Å². The second-order valence-corrected chi connectivity index (χ2v) is 5.91. The third-order valence-electron chi connectivity index (χ3n) is 2.61. The van der Waals surface area contributed by atoms with Crippen molar-refractivity contribution in [3.05, 3.63) is 36.5 Å². The standard InChI is InChI=1S/C12H15N3O3S/c13-9-5-1-3-8-15-12(11(9)16)19(17,18)10-6-2-4-7-14-10/h1-2,4-7,9,17-18H,3,8,13H2. The van der Waals surface area contributed by atoms with Gasteiger partial charge in [0.05, 0.1) is 6.04 Å². The summed E-state index contributed by atoms with van der Waals surface area (Å²) >= 11 is 0. The number of pyridine rings is 1. The zero-order chi connectivity index (χ0) is 13.9. The van der Waals surface area contributed by atoms with Gasteiger partial charge in [-0.15, -0.1) is 10.6 Å². The molecule has 4 N–H and O–H groups in total. The molecule has 2 heterocycles. The summed E-state index contributed by atoms with van der Waals surface area (Å²) < 4.78 is 20.5. The van der Waals surface area contributed by atoms with Gasteiger partial charge in [0, 0.05) is 12.7 Å². The van der Waals surface area contributed by atoms with E-state index in [9.17, 15) is 13.9 Å². The fourth-order valence-corrected chi connectivity index (χ4v) is 3.00. The largest absolute Gasteiger partial charge is 0.318 e. The maximum atomic E-state index is 12.1. The number of carbonyl (C=O) groups is 1. The molecular formula is C12H15N3O3S. The Bertz CT molecular complexity index is 528. The predicted molar refractivity (Wildman–Crippen MR) is 74.4 cm³/mol. The number of nitrogens with two attached hydrogens (primary N) is 1. The van der Waals surface area contributed by atoms with Crippen LogP contribution in [0, 0.1) is 0 Å². The minimum atomic E-state index is -3.51. The Balaban J connectivity index is 2.40. The van der Waals surface area contributed by atoms with E-state index in [1.807, 2.05) is 0 Å². The molecule has 1 aliphatic heterocycles. The molecule has 7 heteroatoms. The zero-order valence-corrected chi connectivity index (χ0v) is 11.0. The van der Waals surface area contributed by atoms with E-state index >= 15 is 0 Å². The molecule has 0 saturated heterocycles. The number of aromatic nitrogens is 1. The van der Waals surface area contributed by atoms with Crippen LogP contribution < -0.4 is 5.73 Å². The highest BCUT2D eigenvalue weighted by molar-refractivity contribution is 8.38. The fourth-order valence-electron chi connectivity index (χ4n) is 1.64. The summed E-state index contributed by atoms with van der Waals surface area (Å²) in [6.07, 6.45) is 5.33. The third-order valence-corrected chi connectivity index (χ3v) is 4.30. The highest BCUT2D eigenvalue weighted by atomic mass is 32.3. The number of nitrogens with zero attached hydrogens (tertiary/aromatic N) is 2. The minimum absolute atomic E-state index is 0.0267. The molecule has 1 atom stereocenters. The predicted octanol–water partition coefficient (Wildman–Crippen LogP) is 1.45. The normalized spacial score (nSPS) is 21.5. The quantitative estimate of drug-likeness (QED) is 0.675. The Labute approximate surface area is 112 Å². The zero-order valence-electron chi connectivity index (χ0n) is 10.1. The molecule has 6 nitrogen and oxygen atoms in total. The lowest BCUT2D eigenvalue weighted by atomic mass is 10.1. The monoisotopic (exact) mass is 281 g/mol. The van der Waals surface area contributed by atoms with Crippen molar-refractivity contribution in [3.8, 4) is 0 Å². The number of Topliss-reactive ketones (excluding diaryl/α,β-unsaturated/α-hetero) is 1. The highest BCUT2D eigenvalue weighted by Crippen LogP contribution is 2.48. The van der Waals surface area contributed by atoms with Crippen LogP contribution in [-0.4, -0.2) is 37.5 Å². The molecule has 0 amide bonds. The van der Waals surface area contributed by atoms with Crippen molar-refractivity contribution in [2.24, 2.45) is 10.7 Å². The van der Waals surface area contributed by atoms with Crippen LogP contribution in [-0.2, 0) is 4.79 Å². The molecule has 0 radical (unpaired) electrons. The lowest BCUT2D eigenvalue weighted by Crippen LogP contribution is -2.37. The van der Waals surface area contributed by atoms with Crippen LogP contribution in [0.2, 0.25) is 0 Å². The molecule has 0 fully saturated rings. The second kappa shape index (κ2) is 5.62. The number of hydrogen-bond acceptors (Lipinski definition) is 6. The molecule has 102 valence electrons. The maximum Gasteiger partial charge on any atom is 0.217 e. The summed E-state index contributed by atoms with van der Waals surface area (Å²) in [6.45, 7) is 0.312. The van der Waals surface area contributed by atoms with Crippen molar-refractivity contribution in [2.45, 2.75) is 17.5 Å². The first-order valence-corrected chi connectivity index (χ1v) is 7.28. The summed E-state index contributed by atoms with van der Waals surface area (Å²) in [5.74, 6) is -0.582. The molecule has 1 aromatic heterocycles. The summed E-state index contributed by atoms with van der Waals surface area (Å²) in [4.78, 5) is 20.0. The lowest BCUT2D eigenvalue weighted by Gasteiger charge is -2.32. The first kappa shape index (κ1) is 13.9. The Kier molecular flexibility index (Phi) is 4.11. The van der Waals surface area contributed by atoms with E-state index in [0.29, 0.717) is 13.0 Å². The van der Waals surface area contributed by atoms with Crippen LogP contribution in [0.25, 0.3) is 0 Å². The van der Waals surface area contributed by atoms with Crippen LogP contribution in [0.5, 0.6) is 0 Å². The number of aliphatic imine (C=N–C) groups is 1. The van der Waals surface area contributed by atoms with E-state index in [4.69, 9.17) is 5.73 Å². The SMILES string of the molecule is NC1C=CCCN=C(S(O)(O)c2ccccn2)C1=O. The van der Waals surface area contributed by atoms with Crippen molar-refractivity contribution >= 4 is 21.4 Å². The van der Waals surface area contributed by atoms with E-state index in [1.54, 1.807) is 24.3 Å². The van der Waals surface area contributed by atoms with E-state index in [-0.39, 0.29) is 10.1 Å². The Morgan fingerprint density at radius 3 is 2.84 bits per heavy atom. The van der Waals surface area contributed by atoms with Crippen molar-refractivity contribution in [3.63, 3.8) is 0 Å². The summed E-state index contributed by atoms with van der Waals surface area (Å²) in [7, 11) is -3.51. The minimum Gasteiger partial charge on any atom is -0.318 e. The molecule has 0 spiro atoms. The number of rotatable bonds is 1. The van der Waals surface area contributed by atoms with Crippen molar-refractivity contribution in [2.75, 3.05) is 6.54 Å². The molecule has 19 heavy (non-hydrogen) atoms. The molecular weight excluding hydrogens is 266 g/mol. The van der Waals surface area contributed by atoms with Gasteiger partial charge in [0.25, 0.3) is 0 Å². The van der Waals surface area contributed by atoms with Crippen molar-refractivity contribution in [1.29, 1.82) is 0 Å². The number of carbonyl (C=O) groups excluding carboxylic acids is 1. The number of hydrogen-bond donors (Lipinski definition) is 3. The third kappa shape index (κ3) is 2.90. The summed E-state index contributed by atoms with van der Waals surface area (Å²) in [5, 5.41) is -0.262. The Morgan fingerprint density at radius 1 is 1.37 bits per heavy atom. The van der Waals surface area contributed by atoms with Gasteiger partial charge in [0.15, 0.2) is 10.1 Å². The van der Waals surface area contributed by atoms with Gasteiger partial charge in [0.1, 0.15) is 0 Å². The average Bonchev–Trinajstić information content (AvgIpc) is 2.41. The van der Waals surface area contributed by atoms with Crippen LogP contribution in [0.3, 0.4) is 0 Å².